The van der Waals surface area contributed by atoms with Crippen LogP contribution in [0.25, 0.3) is 60.8 Å². The van der Waals surface area contributed by atoms with Crippen molar-refractivity contribution >= 4 is 72.6 Å². The molecule has 4 nitrogen and oxygen atoms in total. The fourth-order valence-electron chi connectivity index (χ4n) is 8.00. The third-order valence-corrected chi connectivity index (χ3v) is 15.0. The van der Waals surface area contributed by atoms with Crippen molar-refractivity contribution in [3.63, 3.8) is 0 Å². The Morgan fingerprint density at radius 1 is 0.412 bits per heavy atom. The van der Waals surface area contributed by atoms with Crippen molar-refractivity contribution in [1.29, 1.82) is 0 Å². The lowest BCUT2D eigenvalue weighted by Crippen LogP contribution is -2.74. The van der Waals surface area contributed by atoms with Crippen LogP contribution in [0.1, 0.15) is 0 Å². The average molecular weight is 670 g/mol. The van der Waals surface area contributed by atoms with Crippen LogP contribution in [0.15, 0.2) is 193 Å². The van der Waals surface area contributed by atoms with Crippen LogP contribution >= 0.6 is 0 Å². The molecule has 0 amide bonds. The van der Waals surface area contributed by atoms with Crippen LogP contribution in [0.5, 0.6) is 0 Å². The first-order chi connectivity index (χ1) is 25.3. The molecule has 4 heterocycles. The predicted octanol–water partition coefficient (Wildman–Crippen LogP) is 8.52. The number of fused-ring (bicyclic) bond motifs is 6. The largest absolute Gasteiger partial charge is 0.453 e. The molecule has 5 heteroatoms. The topological polar surface area (TPSA) is 43.9 Å². The van der Waals surface area contributed by atoms with E-state index in [0.717, 1.165) is 50.0 Å². The minimum atomic E-state index is -2.69. The maximum absolute atomic E-state index is 6.31. The van der Waals surface area contributed by atoms with E-state index < -0.39 is 8.07 Å². The summed E-state index contributed by atoms with van der Waals surface area (Å²) in [5.41, 5.74) is 5.71. The summed E-state index contributed by atoms with van der Waals surface area (Å²) >= 11 is 0. The molecule has 240 valence electrons. The number of hydrogen-bond acceptors (Lipinski definition) is 3. The van der Waals surface area contributed by atoms with Gasteiger partial charge in [0.25, 0.3) is 0 Å². The van der Waals surface area contributed by atoms with Crippen LogP contribution in [0.2, 0.25) is 0 Å². The van der Waals surface area contributed by atoms with Crippen LogP contribution in [-0.2, 0) is 0 Å². The highest BCUT2D eigenvalue weighted by Crippen LogP contribution is 2.35. The van der Waals surface area contributed by atoms with Crippen LogP contribution in [0.3, 0.4) is 0 Å². The second-order valence-electron chi connectivity index (χ2n) is 13.0. The summed E-state index contributed by atoms with van der Waals surface area (Å²) in [5.74, 6) is 0.854. The van der Waals surface area contributed by atoms with Crippen molar-refractivity contribution in [3.05, 3.63) is 188 Å². The molecule has 0 unspecified atom stereocenters. The first kappa shape index (κ1) is 29.4. The standard InChI is InChI=1S/C46H31N3OSi/c1-4-16-33(17-5-1)51(34-18-6-2-7-19-34,35-20-8-3-9-21-35)36-22-14-15-32(27-36)41-28-39-40-29-46(48-31-45(40)50-44(39)30-47-41)49-42-25-12-10-23-37(42)38-24-11-13-26-43(38)49/h1-31H. The number of hydrogen-bond donors (Lipinski definition) is 0. The first-order valence-corrected chi connectivity index (χ1v) is 19.2. The molecule has 0 atom stereocenters. The summed E-state index contributed by atoms with van der Waals surface area (Å²) in [7, 11) is -2.69. The second kappa shape index (κ2) is 11.8. The van der Waals surface area contributed by atoms with E-state index in [0.29, 0.717) is 0 Å². The van der Waals surface area contributed by atoms with E-state index in [4.69, 9.17) is 14.4 Å². The van der Waals surface area contributed by atoms with Gasteiger partial charge in [-0.15, -0.1) is 0 Å². The van der Waals surface area contributed by atoms with Crippen molar-refractivity contribution in [2.75, 3.05) is 0 Å². The lowest BCUT2D eigenvalue weighted by Gasteiger charge is -2.34. The van der Waals surface area contributed by atoms with E-state index >= 15 is 0 Å². The van der Waals surface area contributed by atoms with E-state index in [-0.39, 0.29) is 0 Å². The Morgan fingerprint density at radius 3 is 1.49 bits per heavy atom. The van der Waals surface area contributed by atoms with Gasteiger partial charge in [0.05, 0.1) is 29.1 Å². The zero-order chi connectivity index (χ0) is 33.8. The average Bonchev–Trinajstić information content (AvgIpc) is 3.74. The third kappa shape index (κ3) is 4.59. The van der Waals surface area contributed by atoms with Crippen molar-refractivity contribution in [2.45, 2.75) is 0 Å². The fraction of sp³-hybridized carbons (Fsp3) is 0. The van der Waals surface area contributed by atoms with E-state index in [9.17, 15) is 0 Å². The molecule has 0 aliphatic rings. The molecule has 0 spiro atoms. The Hall–Kier alpha value is -6.56. The van der Waals surface area contributed by atoms with Gasteiger partial charge < -0.3 is 4.42 Å². The van der Waals surface area contributed by atoms with Crippen molar-refractivity contribution in [2.24, 2.45) is 0 Å². The Kier molecular flexibility index (Phi) is 6.79. The summed E-state index contributed by atoms with van der Waals surface area (Å²) in [4.78, 5) is 9.87. The summed E-state index contributed by atoms with van der Waals surface area (Å²) < 4.78 is 8.56. The van der Waals surface area contributed by atoms with Gasteiger partial charge in [-0.2, -0.15) is 0 Å². The quantitative estimate of drug-likeness (QED) is 0.132. The molecule has 0 fully saturated rings. The van der Waals surface area contributed by atoms with Crippen LogP contribution in [0, 0.1) is 0 Å². The van der Waals surface area contributed by atoms with E-state index in [1.54, 1.807) is 0 Å². The number of benzene rings is 6. The van der Waals surface area contributed by atoms with Crippen molar-refractivity contribution in [3.8, 4) is 17.1 Å². The van der Waals surface area contributed by atoms with Gasteiger partial charge in [0, 0.05) is 27.1 Å². The van der Waals surface area contributed by atoms with Gasteiger partial charge in [-0.25, -0.2) is 4.98 Å². The molecule has 0 bridgehead atoms. The number of aromatic nitrogens is 3. The first-order valence-electron chi connectivity index (χ1n) is 17.2. The highest BCUT2D eigenvalue weighted by Gasteiger charge is 2.41. The Morgan fingerprint density at radius 2 is 0.902 bits per heavy atom. The van der Waals surface area contributed by atoms with E-state index in [2.05, 4.69) is 180 Å². The lowest BCUT2D eigenvalue weighted by atomic mass is 10.1. The van der Waals surface area contributed by atoms with E-state index in [1.165, 1.54) is 31.5 Å². The Balaban J connectivity index is 1.16. The summed E-state index contributed by atoms with van der Waals surface area (Å²) in [6.45, 7) is 0. The number of para-hydroxylation sites is 2. The molecule has 6 aromatic carbocycles. The molecule has 4 aromatic heterocycles. The molecular formula is C46H31N3OSi. The molecule has 51 heavy (non-hydrogen) atoms. The maximum atomic E-state index is 6.31. The fourth-order valence-corrected chi connectivity index (χ4v) is 12.8. The van der Waals surface area contributed by atoms with E-state index in [1.807, 2.05) is 12.4 Å². The van der Waals surface area contributed by atoms with Gasteiger partial charge in [-0.05, 0) is 45.0 Å². The maximum Gasteiger partial charge on any atom is 0.179 e. The minimum absolute atomic E-state index is 0.742. The Labute approximate surface area is 295 Å². The van der Waals surface area contributed by atoms with Gasteiger partial charge in [0.15, 0.2) is 19.2 Å². The monoisotopic (exact) mass is 669 g/mol. The number of rotatable bonds is 6. The number of furan rings is 1. The molecule has 0 radical (unpaired) electrons. The van der Waals surface area contributed by atoms with Crippen LogP contribution < -0.4 is 20.7 Å². The number of pyridine rings is 2. The molecule has 0 saturated heterocycles. The zero-order valence-electron chi connectivity index (χ0n) is 27.6. The van der Waals surface area contributed by atoms with Gasteiger partial charge in [0.2, 0.25) is 0 Å². The molecule has 0 N–H and O–H groups in total. The normalized spacial score (nSPS) is 11.9. The molecular weight excluding hydrogens is 639 g/mol. The van der Waals surface area contributed by atoms with Gasteiger partial charge in [-0.1, -0.05) is 152 Å². The van der Waals surface area contributed by atoms with Crippen LogP contribution in [0.4, 0.5) is 0 Å². The molecule has 0 saturated carbocycles. The summed E-state index contributed by atoms with van der Waals surface area (Å²) in [6.07, 6.45) is 3.70. The van der Waals surface area contributed by atoms with Gasteiger partial charge in [0.1, 0.15) is 5.82 Å². The predicted molar refractivity (Wildman–Crippen MR) is 213 cm³/mol. The number of nitrogens with zero attached hydrogens (tertiary/aromatic N) is 3. The molecule has 0 aliphatic carbocycles. The zero-order valence-corrected chi connectivity index (χ0v) is 28.6. The minimum Gasteiger partial charge on any atom is -0.453 e. The van der Waals surface area contributed by atoms with Gasteiger partial charge >= 0.3 is 0 Å². The molecule has 0 aliphatic heterocycles. The highest BCUT2D eigenvalue weighted by molar-refractivity contribution is 7.19. The highest BCUT2D eigenvalue weighted by atomic mass is 28.3. The smallest absolute Gasteiger partial charge is 0.179 e. The van der Waals surface area contributed by atoms with Crippen LogP contribution in [-0.4, -0.2) is 22.6 Å². The van der Waals surface area contributed by atoms with Crippen molar-refractivity contribution < 1.29 is 4.42 Å². The Bertz CT molecular complexity index is 2710. The van der Waals surface area contributed by atoms with Crippen molar-refractivity contribution in [1.82, 2.24) is 14.5 Å². The SMILES string of the molecule is c1ccc([Si](c2ccccc2)(c2ccccc2)c2cccc(-c3cc4c(cn3)oc3cnc(-n5c6ccccc6c6ccccc65)cc34)c2)cc1. The lowest BCUT2D eigenvalue weighted by molar-refractivity contribution is 0.664. The molecule has 10 rings (SSSR count). The summed E-state index contributed by atoms with van der Waals surface area (Å²) in [6, 6.07) is 63.4. The third-order valence-electron chi connectivity index (χ3n) is 10.3. The second-order valence-corrected chi connectivity index (χ2v) is 16.8. The summed E-state index contributed by atoms with van der Waals surface area (Å²) in [5, 5.41) is 9.77. The van der Waals surface area contributed by atoms with Gasteiger partial charge in [-0.3, -0.25) is 9.55 Å². The molecule has 10 aromatic rings.